The Morgan fingerprint density at radius 2 is 1.94 bits per heavy atom. The zero-order chi connectivity index (χ0) is 21.4. The highest BCUT2D eigenvalue weighted by atomic mass is 32.2. The van der Waals surface area contributed by atoms with Gasteiger partial charge in [0.25, 0.3) is 15.9 Å². The van der Waals surface area contributed by atoms with E-state index in [-0.39, 0.29) is 36.8 Å². The molecule has 1 aliphatic carbocycles. The molecule has 0 bridgehead atoms. The number of fused-ring (bicyclic) bond motifs is 1. The number of furan rings is 2. The zero-order valence-electron chi connectivity index (χ0n) is 16.4. The smallest absolute Gasteiger partial charge is 0.287 e. The first-order chi connectivity index (χ1) is 15.0. The lowest BCUT2D eigenvalue weighted by molar-refractivity contribution is 0.0917. The van der Waals surface area contributed by atoms with Crippen molar-refractivity contribution >= 4 is 15.9 Å². The molecule has 1 saturated carbocycles. The van der Waals surface area contributed by atoms with Gasteiger partial charge in [-0.15, -0.1) is 0 Å². The number of sulfonamides is 1. The molecule has 3 heterocycles. The van der Waals surface area contributed by atoms with E-state index in [4.69, 9.17) is 18.3 Å². The summed E-state index contributed by atoms with van der Waals surface area (Å²) in [6, 6.07) is 11.4. The molecule has 9 nitrogen and oxygen atoms in total. The molecule has 2 aromatic heterocycles. The van der Waals surface area contributed by atoms with Crippen LogP contribution in [0.5, 0.6) is 11.5 Å². The molecule has 1 aliphatic heterocycles. The molecule has 1 aromatic carbocycles. The number of rotatable bonds is 8. The molecule has 2 aliphatic rings. The van der Waals surface area contributed by atoms with E-state index in [9.17, 15) is 13.2 Å². The average molecular weight is 444 g/mol. The van der Waals surface area contributed by atoms with Crippen molar-refractivity contribution in [3.05, 3.63) is 65.8 Å². The fourth-order valence-corrected chi connectivity index (χ4v) is 4.91. The van der Waals surface area contributed by atoms with Gasteiger partial charge in [0.1, 0.15) is 5.76 Å². The second-order valence-corrected chi connectivity index (χ2v) is 9.17. The van der Waals surface area contributed by atoms with Gasteiger partial charge in [-0.2, -0.15) is 4.31 Å². The van der Waals surface area contributed by atoms with Gasteiger partial charge in [0.15, 0.2) is 17.3 Å². The van der Waals surface area contributed by atoms with Crippen LogP contribution in [0.2, 0.25) is 0 Å². The van der Waals surface area contributed by atoms with Gasteiger partial charge in [-0.25, -0.2) is 8.42 Å². The number of carbonyl (C=O) groups is 1. The molecule has 5 rings (SSSR count). The minimum Gasteiger partial charge on any atom is -0.468 e. The number of ether oxygens (including phenoxy) is 2. The van der Waals surface area contributed by atoms with Gasteiger partial charge in [0.05, 0.1) is 12.8 Å². The Bertz CT molecular complexity index is 1200. The highest BCUT2D eigenvalue weighted by molar-refractivity contribution is 7.89. The van der Waals surface area contributed by atoms with Crippen molar-refractivity contribution in [1.82, 2.24) is 9.62 Å². The molecule has 0 spiro atoms. The van der Waals surface area contributed by atoms with E-state index >= 15 is 0 Å². The third-order valence-corrected chi connectivity index (χ3v) is 6.88. The minimum atomic E-state index is -3.90. The Hall–Kier alpha value is -3.24. The van der Waals surface area contributed by atoms with Gasteiger partial charge in [0, 0.05) is 12.6 Å². The Labute approximate surface area is 178 Å². The minimum absolute atomic E-state index is 0.0759. The number of hydrogen-bond acceptors (Lipinski definition) is 7. The van der Waals surface area contributed by atoms with E-state index in [1.807, 2.05) is 6.07 Å². The normalized spacial score (nSPS) is 15.4. The summed E-state index contributed by atoms with van der Waals surface area (Å²) in [5.41, 5.74) is 0.815. The largest absolute Gasteiger partial charge is 0.468 e. The maximum Gasteiger partial charge on any atom is 0.287 e. The number of nitrogens with zero attached hydrogens (tertiary/aromatic N) is 1. The maximum absolute atomic E-state index is 13.1. The van der Waals surface area contributed by atoms with Gasteiger partial charge in [-0.3, -0.25) is 4.79 Å². The summed E-state index contributed by atoms with van der Waals surface area (Å²) in [7, 11) is -3.90. The number of amides is 1. The van der Waals surface area contributed by atoms with E-state index in [1.165, 1.54) is 22.7 Å². The molecule has 31 heavy (non-hydrogen) atoms. The molecule has 162 valence electrons. The monoisotopic (exact) mass is 444 g/mol. The number of nitrogens with one attached hydrogen (secondary N) is 1. The van der Waals surface area contributed by atoms with Crippen molar-refractivity contribution in [3.8, 4) is 11.5 Å². The van der Waals surface area contributed by atoms with Crippen LogP contribution in [0.3, 0.4) is 0 Å². The van der Waals surface area contributed by atoms with Crippen LogP contribution in [-0.4, -0.2) is 31.5 Å². The fourth-order valence-electron chi connectivity index (χ4n) is 3.35. The first-order valence-corrected chi connectivity index (χ1v) is 11.3. The predicted molar refractivity (Wildman–Crippen MR) is 107 cm³/mol. The molecule has 1 fully saturated rings. The Kier molecular flexibility index (Phi) is 4.95. The number of benzene rings is 1. The molecule has 10 heteroatoms. The average Bonchev–Trinajstić information content (AvgIpc) is 3.20. The van der Waals surface area contributed by atoms with Crippen LogP contribution in [0.25, 0.3) is 0 Å². The molecule has 0 radical (unpaired) electrons. The van der Waals surface area contributed by atoms with Gasteiger partial charge in [-0.1, -0.05) is 6.07 Å². The van der Waals surface area contributed by atoms with E-state index in [1.54, 1.807) is 24.3 Å². The Morgan fingerprint density at radius 1 is 1.10 bits per heavy atom. The molecular weight excluding hydrogens is 424 g/mol. The summed E-state index contributed by atoms with van der Waals surface area (Å²) in [5, 5.41) is 2.45. The Balaban J connectivity index is 1.27. The van der Waals surface area contributed by atoms with Crippen LogP contribution in [-0.2, 0) is 23.1 Å². The van der Waals surface area contributed by atoms with E-state index in [0.717, 1.165) is 18.4 Å². The molecule has 0 atom stereocenters. The highest BCUT2D eigenvalue weighted by Crippen LogP contribution is 2.34. The van der Waals surface area contributed by atoms with Crippen LogP contribution in [0, 0.1) is 0 Å². The van der Waals surface area contributed by atoms with Crippen LogP contribution in [0.4, 0.5) is 0 Å². The third-order valence-electron chi connectivity index (χ3n) is 5.10. The summed E-state index contributed by atoms with van der Waals surface area (Å²) < 4.78 is 48.9. The third kappa shape index (κ3) is 4.04. The van der Waals surface area contributed by atoms with E-state index < -0.39 is 15.9 Å². The van der Waals surface area contributed by atoms with Crippen molar-refractivity contribution in [3.63, 3.8) is 0 Å². The van der Waals surface area contributed by atoms with Crippen molar-refractivity contribution in [2.45, 2.75) is 37.1 Å². The second-order valence-electron chi connectivity index (χ2n) is 7.35. The Morgan fingerprint density at radius 3 is 2.71 bits per heavy atom. The van der Waals surface area contributed by atoms with Gasteiger partial charge >= 0.3 is 0 Å². The van der Waals surface area contributed by atoms with Crippen LogP contribution in [0.1, 0.15) is 34.7 Å². The summed E-state index contributed by atoms with van der Waals surface area (Å²) in [5.74, 6) is 1.24. The number of carbonyl (C=O) groups excluding carboxylic acids is 1. The SMILES string of the molecule is O=C(NCc1ccc2c(c1)OCO2)c1ccc(S(=O)(=O)N(Cc2ccco2)C2CC2)o1. The van der Waals surface area contributed by atoms with Crippen molar-refractivity contribution < 1.29 is 31.5 Å². The quantitative estimate of drug-likeness (QED) is 0.569. The highest BCUT2D eigenvalue weighted by Gasteiger charge is 2.40. The van der Waals surface area contributed by atoms with Gasteiger partial charge < -0.3 is 23.6 Å². The fraction of sp³-hybridized carbons (Fsp3) is 0.286. The predicted octanol–water partition coefficient (Wildman–Crippen LogP) is 2.88. The van der Waals surface area contributed by atoms with Crippen LogP contribution >= 0.6 is 0 Å². The lowest BCUT2D eigenvalue weighted by Crippen LogP contribution is -2.32. The van der Waals surface area contributed by atoms with Crippen molar-refractivity contribution in [1.29, 1.82) is 0 Å². The summed E-state index contributed by atoms with van der Waals surface area (Å²) in [4.78, 5) is 12.5. The molecule has 0 unspecified atom stereocenters. The van der Waals surface area contributed by atoms with Crippen molar-refractivity contribution in [2.24, 2.45) is 0 Å². The maximum atomic E-state index is 13.1. The topological polar surface area (TPSA) is 111 Å². The first kappa shape index (κ1) is 19.7. The number of hydrogen-bond donors (Lipinski definition) is 1. The second kappa shape index (κ2) is 7.78. The van der Waals surface area contributed by atoms with Crippen LogP contribution < -0.4 is 14.8 Å². The van der Waals surface area contributed by atoms with Gasteiger partial charge in [-0.05, 0) is 54.8 Å². The first-order valence-electron chi connectivity index (χ1n) is 9.81. The molecular formula is C21H20N2O7S. The molecule has 1 N–H and O–H groups in total. The molecule has 3 aromatic rings. The molecule has 1 amide bonds. The van der Waals surface area contributed by atoms with Crippen LogP contribution in [0.15, 0.2) is 62.7 Å². The lowest BCUT2D eigenvalue weighted by Gasteiger charge is -2.19. The summed E-state index contributed by atoms with van der Waals surface area (Å²) in [6.07, 6.45) is 3.07. The summed E-state index contributed by atoms with van der Waals surface area (Å²) >= 11 is 0. The lowest BCUT2D eigenvalue weighted by atomic mass is 10.2. The van der Waals surface area contributed by atoms with Gasteiger partial charge in [0.2, 0.25) is 11.9 Å². The zero-order valence-corrected chi connectivity index (χ0v) is 17.3. The van der Waals surface area contributed by atoms with Crippen molar-refractivity contribution in [2.75, 3.05) is 6.79 Å². The molecule has 0 saturated heterocycles. The summed E-state index contributed by atoms with van der Waals surface area (Å²) in [6.45, 7) is 0.518. The van der Waals surface area contributed by atoms with E-state index in [0.29, 0.717) is 17.3 Å². The standard InChI is InChI=1S/C21H20N2O7S/c24-21(22-11-14-3-6-17-19(10-14)29-13-28-17)18-7-8-20(30-18)31(25,26)23(15-4-5-15)12-16-2-1-9-27-16/h1-3,6-10,15H,4-5,11-13H2,(H,22,24). The van der Waals surface area contributed by atoms with E-state index in [2.05, 4.69) is 5.32 Å².